The number of alkyl halides is 3. The normalized spacial score (nSPS) is 11.0. The number of aliphatic hydroxyl groups is 1. The highest BCUT2D eigenvalue weighted by atomic mass is 19.4. The molecule has 0 aliphatic carbocycles. The van der Waals surface area contributed by atoms with E-state index in [1.54, 1.807) is 0 Å². The fourth-order valence-electron chi connectivity index (χ4n) is 1.62. The van der Waals surface area contributed by atoms with Crippen LogP contribution in [-0.2, 0) is 0 Å². The van der Waals surface area contributed by atoms with Gasteiger partial charge in [-0.3, -0.25) is 0 Å². The fraction of sp³-hybridized carbons (Fsp3) is 0.357. The second kappa shape index (κ2) is 8.37. The number of urea groups is 1. The first kappa shape index (κ1) is 18.8. The van der Waals surface area contributed by atoms with Crippen LogP contribution in [0.5, 0.6) is 5.75 Å². The lowest BCUT2D eigenvalue weighted by Gasteiger charge is -2.21. The Morgan fingerprint density at radius 3 is 2.70 bits per heavy atom. The van der Waals surface area contributed by atoms with Crippen molar-refractivity contribution in [2.45, 2.75) is 6.18 Å². The van der Waals surface area contributed by atoms with E-state index in [-0.39, 0.29) is 25.4 Å². The van der Waals surface area contributed by atoms with Gasteiger partial charge in [0, 0.05) is 19.2 Å². The number of benzene rings is 1. The Balaban J connectivity index is 2.89. The summed E-state index contributed by atoms with van der Waals surface area (Å²) >= 11 is 0. The lowest BCUT2D eigenvalue weighted by Crippen LogP contribution is -2.37. The number of carbonyl (C=O) groups is 1. The first-order valence-corrected chi connectivity index (χ1v) is 6.53. The molecule has 0 aromatic heterocycles. The van der Waals surface area contributed by atoms with Gasteiger partial charge in [-0.05, 0) is 12.1 Å². The zero-order valence-corrected chi connectivity index (χ0v) is 12.1. The Hall–Kier alpha value is -2.29. The van der Waals surface area contributed by atoms with Crippen LogP contribution in [0.2, 0.25) is 0 Å². The number of anilines is 1. The van der Waals surface area contributed by atoms with Crippen LogP contribution in [0.3, 0.4) is 0 Å². The number of carbonyl (C=O) groups excluding carboxylic acids is 1. The standard InChI is InChI=1S/C14H16F4N2O3/c1-2-5-20(6-7-21)13(22)19-11-4-3-10(15)8-12(11)23-9-14(16,17)18/h2-4,8,21H,1,5-7,9H2,(H,19,22). The number of halogens is 4. The minimum absolute atomic E-state index is 0.00219. The third-order valence-electron chi connectivity index (χ3n) is 2.58. The van der Waals surface area contributed by atoms with Crippen molar-refractivity contribution in [3.63, 3.8) is 0 Å². The highest BCUT2D eigenvalue weighted by Crippen LogP contribution is 2.28. The summed E-state index contributed by atoms with van der Waals surface area (Å²) in [6.07, 6.45) is -3.18. The molecule has 0 heterocycles. The molecular weight excluding hydrogens is 320 g/mol. The van der Waals surface area contributed by atoms with Gasteiger partial charge in [0.2, 0.25) is 0 Å². The number of nitrogens with zero attached hydrogens (tertiary/aromatic N) is 1. The van der Waals surface area contributed by atoms with Crippen LogP contribution in [0.15, 0.2) is 30.9 Å². The molecule has 0 radical (unpaired) electrons. The summed E-state index contributed by atoms with van der Waals surface area (Å²) in [5.41, 5.74) is -0.118. The Kier molecular flexibility index (Phi) is 6.83. The third-order valence-corrected chi connectivity index (χ3v) is 2.58. The molecule has 0 aliphatic rings. The Morgan fingerprint density at radius 1 is 1.43 bits per heavy atom. The zero-order chi connectivity index (χ0) is 17.5. The van der Waals surface area contributed by atoms with E-state index in [1.165, 1.54) is 11.0 Å². The maximum atomic E-state index is 13.2. The molecule has 0 spiro atoms. The van der Waals surface area contributed by atoms with Crippen LogP contribution < -0.4 is 10.1 Å². The number of aliphatic hydroxyl groups excluding tert-OH is 1. The minimum atomic E-state index is -4.60. The number of ether oxygens (including phenoxy) is 1. The van der Waals surface area contributed by atoms with Crippen molar-refractivity contribution >= 4 is 11.7 Å². The van der Waals surface area contributed by atoms with Gasteiger partial charge >= 0.3 is 12.2 Å². The average molecular weight is 336 g/mol. The summed E-state index contributed by atoms with van der Waals surface area (Å²) < 4.78 is 54.3. The molecule has 0 fully saturated rings. The van der Waals surface area contributed by atoms with Crippen LogP contribution in [0.25, 0.3) is 0 Å². The molecule has 0 saturated heterocycles. The van der Waals surface area contributed by atoms with E-state index in [2.05, 4.69) is 16.6 Å². The van der Waals surface area contributed by atoms with Gasteiger partial charge in [-0.1, -0.05) is 6.08 Å². The van der Waals surface area contributed by atoms with Crippen molar-refractivity contribution in [1.82, 2.24) is 4.90 Å². The summed E-state index contributed by atoms with van der Waals surface area (Å²) in [5, 5.41) is 11.2. The van der Waals surface area contributed by atoms with E-state index in [9.17, 15) is 22.4 Å². The van der Waals surface area contributed by atoms with Crippen molar-refractivity contribution in [2.24, 2.45) is 0 Å². The molecule has 0 aliphatic heterocycles. The van der Waals surface area contributed by atoms with Crippen molar-refractivity contribution in [1.29, 1.82) is 0 Å². The molecule has 2 amide bonds. The predicted molar refractivity (Wildman–Crippen MR) is 75.8 cm³/mol. The van der Waals surface area contributed by atoms with Gasteiger partial charge in [0.25, 0.3) is 0 Å². The Morgan fingerprint density at radius 2 is 2.13 bits per heavy atom. The van der Waals surface area contributed by atoms with Crippen LogP contribution in [-0.4, -0.2) is 48.5 Å². The minimum Gasteiger partial charge on any atom is -0.482 e. The zero-order valence-electron chi connectivity index (χ0n) is 12.1. The second-order valence-electron chi connectivity index (χ2n) is 4.43. The first-order valence-electron chi connectivity index (χ1n) is 6.53. The van der Waals surface area contributed by atoms with Gasteiger partial charge in [0.05, 0.1) is 12.3 Å². The molecule has 1 aromatic carbocycles. The molecule has 0 atom stereocenters. The van der Waals surface area contributed by atoms with E-state index < -0.39 is 30.4 Å². The smallest absolute Gasteiger partial charge is 0.422 e. The lowest BCUT2D eigenvalue weighted by atomic mass is 10.3. The van der Waals surface area contributed by atoms with E-state index in [0.29, 0.717) is 0 Å². The number of amides is 2. The van der Waals surface area contributed by atoms with Gasteiger partial charge in [-0.2, -0.15) is 13.2 Å². The van der Waals surface area contributed by atoms with E-state index in [1.807, 2.05) is 0 Å². The van der Waals surface area contributed by atoms with E-state index in [0.717, 1.165) is 18.2 Å². The van der Waals surface area contributed by atoms with Crippen LogP contribution in [0.1, 0.15) is 0 Å². The summed E-state index contributed by atoms with van der Waals surface area (Å²) in [6.45, 7) is 1.65. The fourth-order valence-corrected chi connectivity index (χ4v) is 1.62. The summed E-state index contributed by atoms with van der Waals surface area (Å²) in [6, 6.07) is 2.11. The third kappa shape index (κ3) is 6.55. The van der Waals surface area contributed by atoms with Crippen molar-refractivity contribution < 1.29 is 32.2 Å². The quantitative estimate of drug-likeness (QED) is 0.595. The van der Waals surface area contributed by atoms with Crippen molar-refractivity contribution in [3.8, 4) is 5.75 Å². The number of rotatable bonds is 7. The molecule has 23 heavy (non-hydrogen) atoms. The summed E-state index contributed by atoms with van der Waals surface area (Å²) in [7, 11) is 0. The highest BCUT2D eigenvalue weighted by Gasteiger charge is 2.29. The number of hydrogen-bond donors (Lipinski definition) is 2. The van der Waals surface area contributed by atoms with E-state index in [4.69, 9.17) is 5.11 Å². The monoisotopic (exact) mass is 336 g/mol. The molecule has 2 N–H and O–H groups in total. The van der Waals surface area contributed by atoms with E-state index >= 15 is 0 Å². The topological polar surface area (TPSA) is 61.8 Å². The number of hydrogen-bond acceptors (Lipinski definition) is 3. The summed E-state index contributed by atoms with van der Waals surface area (Å²) in [4.78, 5) is 13.2. The van der Waals surface area contributed by atoms with Gasteiger partial charge in [-0.25, -0.2) is 9.18 Å². The van der Waals surface area contributed by atoms with Crippen LogP contribution >= 0.6 is 0 Å². The van der Waals surface area contributed by atoms with Crippen molar-refractivity contribution in [3.05, 3.63) is 36.7 Å². The van der Waals surface area contributed by atoms with Gasteiger partial charge < -0.3 is 20.1 Å². The molecular formula is C14H16F4N2O3. The number of nitrogens with one attached hydrogen (secondary N) is 1. The maximum Gasteiger partial charge on any atom is 0.422 e. The van der Waals surface area contributed by atoms with Gasteiger partial charge in [0.1, 0.15) is 11.6 Å². The Labute approximate surface area is 130 Å². The SMILES string of the molecule is C=CCN(CCO)C(=O)Nc1ccc(F)cc1OCC(F)(F)F. The van der Waals surface area contributed by atoms with Crippen molar-refractivity contribution in [2.75, 3.05) is 31.6 Å². The molecule has 1 rings (SSSR count). The molecule has 128 valence electrons. The van der Waals surface area contributed by atoms with Crippen LogP contribution in [0.4, 0.5) is 28.0 Å². The largest absolute Gasteiger partial charge is 0.482 e. The maximum absolute atomic E-state index is 13.2. The molecule has 5 nitrogen and oxygen atoms in total. The predicted octanol–water partition coefficient (Wildman–Crippen LogP) is 2.78. The molecule has 1 aromatic rings. The molecule has 0 bridgehead atoms. The summed E-state index contributed by atoms with van der Waals surface area (Å²) in [5.74, 6) is -1.25. The lowest BCUT2D eigenvalue weighted by molar-refractivity contribution is -0.153. The first-order chi connectivity index (χ1) is 10.8. The second-order valence-corrected chi connectivity index (χ2v) is 4.43. The Bertz CT molecular complexity index is 549. The molecule has 0 unspecified atom stereocenters. The van der Waals surface area contributed by atoms with Gasteiger partial charge in [0.15, 0.2) is 6.61 Å². The highest BCUT2D eigenvalue weighted by molar-refractivity contribution is 5.91. The molecule has 9 heteroatoms. The average Bonchev–Trinajstić information content (AvgIpc) is 2.46. The van der Waals surface area contributed by atoms with Crippen LogP contribution in [0, 0.1) is 5.82 Å². The van der Waals surface area contributed by atoms with Gasteiger partial charge in [-0.15, -0.1) is 6.58 Å². The molecule has 0 saturated carbocycles.